The van der Waals surface area contributed by atoms with Crippen molar-refractivity contribution in [3.05, 3.63) is 35.0 Å². The summed E-state index contributed by atoms with van der Waals surface area (Å²) in [5.41, 5.74) is 0.131. The third-order valence-electron chi connectivity index (χ3n) is 6.92. The Kier molecular flexibility index (Phi) is 7.30. The molecule has 0 aromatic carbocycles. The fourth-order valence-corrected chi connectivity index (χ4v) is 5.69. The normalized spacial score (nSPS) is 27.5. The summed E-state index contributed by atoms with van der Waals surface area (Å²) in [6.07, 6.45) is 12.9. The molecule has 1 saturated carbocycles. The van der Waals surface area contributed by atoms with Crippen LogP contribution in [0.3, 0.4) is 0 Å². The monoisotopic (exact) mass is 449 g/mol. The van der Waals surface area contributed by atoms with Gasteiger partial charge in [0.15, 0.2) is 5.78 Å². The average Bonchev–Trinajstić information content (AvgIpc) is 3.15. The topological polar surface area (TPSA) is 72.9 Å². The molecule has 3 unspecified atom stereocenters. The Labute approximate surface area is 189 Å². The molecule has 0 aromatic heterocycles. The Morgan fingerprint density at radius 2 is 1.71 bits per heavy atom. The number of nitrogens with zero attached hydrogens (tertiary/aromatic N) is 1. The van der Waals surface area contributed by atoms with Crippen LogP contribution in [-0.2, 0) is 23.9 Å². The Bertz CT molecular complexity index is 808. The number of esters is 2. The summed E-state index contributed by atoms with van der Waals surface area (Å²) in [5.74, 6) is -3.46. The first-order valence-corrected chi connectivity index (χ1v) is 11.4. The zero-order valence-electron chi connectivity index (χ0n) is 18.7. The van der Waals surface area contributed by atoms with E-state index < -0.39 is 29.2 Å². The van der Waals surface area contributed by atoms with Crippen LogP contribution in [0.5, 0.6) is 0 Å². The maximum absolute atomic E-state index is 14.0. The number of hydrogen-bond donors (Lipinski definition) is 0. The van der Waals surface area contributed by atoms with E-state index in [2.05, 4.69) is 30.9 Å². The molecule has 6 nitrogen and oxygen atoms in total. The molecule has 0 amide bonds. The molecule has 3 atom stereocenters. The quantitative estimate of drug-likeness (QED) is 0.448. The first-order valence-electron chi connectivity index (χ1n) is 11.0. The first kappa shape index (κ1) is 23.6. The van der Waals surface area contributed by atoms with Crippen molar-refractivity contribution < 1.29 is 23.9 Å². The first-order chi connectivity index (χ1) is 14.8. The Morgan fingerprint density at radius 1 is 1.10 bits per heavy atom. The van der Waals surface area contributed by atoms with Crippen LogP contribution in [0.25, 0.3) is 0 Å². The average molecular weight is 450 g/mol. The molecule has 7 heteroatoms. The smallest absolute Gasteiger partial charge is 0.327 e. The Morgan fingerprint density at radius 3 is 2.26 bits per heavy atom. The van der Waals surface area contributed by atoms with Gasteiger partial charge in [-0.2, -0.15) is 0 Å². The lowest BCUT2D eigenvalue weighted by Gasteiger charge is -2.50. The van der Waals surface area contributed by atoms with E-state index in [4.69, 9.17) is 21.1 Å². The number of allylic oxidation sites excluding steroid dienone is 4. The molecular weight excluding hydrogens is 418 g/mol. The zero-order chi connectivity index (χ0) is 22.8. The van der Waals surface area contributed by atoms with Crippen LogP contribution >= 0.6 is 11.6 Å². The third kappa shape index (κ3) is 4.32. The van der Waals surface area contributed by atoms with E-state index in [-0.39, 0.29) is 17.9 Å². The predicted molar refractivity (Wildman–Crippen MR) is 118 cm³/mol. The molecule has 0 saturated heterocycles. The molecule has 0 N–H and O–H groups in total. The van der Waals surface area contributed by atoms with Gasteiger partial charge in [-0.25, -0.2) is 0 Å². The van der Waals surface area contributed by atoms with Gasteiger partial charge in [-0.1, -0.05) is 56.0 Å². The Hall–Kier alpha value is -2.08. The van der Waals surface area contributed by atoms with Gasteiger partial charge in [0.2, 0.25) is 5.92 Å². The second-order valence-electron chi connectivity index (χ2n) is 8.82. The molecule has 3 rings (SSSR count). The van der Waals surface area contributed by atoms with Gasteiger partial charge in [0.05, 0.1) is 14.2 Å². The minimum Gasteiger partial charge on any atom is -0.468 e. The highest BCUT2D eigenvalue weighted by Crippen LogP contribution is 2.46. The minimum atomic E-state index is -1.57. The van der Waals surface area contributed by atoms with E-state index in [0.29, 0.717) is 17.9 Å². The van der Waals surface area contributed by atoms with E-state index in [1.165, 1.54) is 14.2 Å². The number of carbonyl (C=O) groups excluding carboxylic acids is 3. The molecule has 1 fully saturated rings. The third-order valence-corrected chi connectivity index (χ3v) is 7.17. The maximum atomic E-state index is 14.0. The van der Waals surface area contributed by atoms with Gasteiger partial charge < -0.3 is 14.4 Å². The molecule has 0 spiro atoms. The van der Waals surface area contributed by atoms with E-state index in [1.807, 2.05) is 12.2 Å². The lowest BCUT2D eigenvalue weighted by Crippen LogP contribution is -2.61. The second kappa shape index (κ2) is 9.60. The van der Waals surface area contributed by atoms with Gasteiger partial charge in [-0.3, -0.25) is 14.4 Å². The number of halogens is 1. The van der Waals surface area contributed by atoms with Crippen LogP contribution in [0.15, 0.2) is 35.0 Å². The minimum absolute atomic E-state index is 0.0776. The molecule has 0 aromatic rings. The van der Waals surface area contributed by atoms with Gasteiger partial charge in [0, 0.05) is 22.7 Å². The summed E-state index contributed by atoms with van der Waals surface area (Å²) in [6.45, 7) is 4.21. The number of rotatable bonds is 6. The van der Waals surface area contributed by atoms with Gasteiger partial charge in [-0.15, -0.1) is 0 Å². The van der Waals surface area contributed by atoms with E-state index in [0.717, 1.165) is 31.4 Å². The van der Waals surface area contributed by atoms with Gasteiger partial charge in [0.25, 0.3) is 0 Å². The summed E-state index contributed by atoms with van der Waals surface area (Å²) < 4.78 is 9.65. The van der Waals surface area contributed by atoms with Crippen molar-refractivity contribution in [3.8, 4) is 0 Å². The Balaban J connectivity index is 2.05. The van der Waals surface area contributed by atoms with E-state index in [1.54, 1.807) is 0 Å². The zero-order valence-corrected chi connectivity index (χ0v) is 19.5. The molecular formula is C24H32ClNO5. The summed E-state index contributed by atoms with van der Waals surface area (Å²) in [4.78, 5) is 41.2. The standard InChI is InChI=1S/C24H32ClNO5/c1-15-14-17(25)9-10-18(15)19-11-8-16(2)26(19)24(12-6-5-7-13-24)21(27)20(22(28)30-3)23(29)31-4/h9-11,14-16,18,20H,5-8,12-13H2,1-4H3. The van der Waals surface area contributed by atoms with Gasteiger partial charge in [0.1, 0.15) is 5.54 Å². The molecule has 2 aliphatic carbocycles. The van der Waals surface area contributed by atoms with Crippen molar-refractivity contribution in [3.63, 3.8) is 0 Å². The molecule has 170 valence electrons. The summed E-state index contributed by atoms with van der Waals surface area (Å²) in [6, 6.07) is 0.0787. The maximum Gasteiger partial charge on any atom is 0.327 e. The molecule has 0 radical (unpaired) electrons. The van der Waals surface area contributed by atoms with Crippen LogP contribution in [0, 0.1) is 17.8 Å². The summed E-state index contributed by atoms with van der Waals surface area (Å²) in [7, 11) is 2.38. The lowest BCUT2D eigenvalue weighted by molar-refractivity contribution is -0.165. The fraction of sp³-hybridized carbons (Fsp3) is 0.625. The number of methoxy groups -OCH3 is 2. The van der Waals surface area contributed by atoms with Gasteiger partial charge in [-0.05, 0) is 38.2 Å². The summed E-state index contributed by atoms with van der Waals surface area (Å²) >= 11 is 6.20. The number of ketones is 1. The lowest BCUT2D eigenvalue weighted by atomic mass is 9.72. The number of ether oxygens (including phenoxy) is 2. The van der Waals surface area contributed by atoms with Crippen LogP contribution < -0.4 is 0 Å². The number of carbonyl (C=O) groups is 3. The number of hydrogen-bond acceptors (Lipinski definition) is 6. The van der Waals surface area contributed by atoms with Crippen molar-refractivity contribution >= 4 is 29.3 Å². The highest BCUT2D eigenvalue weighted by Gasteiger charge is 2.55. The van der Waals surface area contributed by atoms with Crippen LogP contribution in [-0.4, -0.2) is 48.4 Å². The highest BCUT2D eigenvalue weighted by molar-refractivity contribution is 6.31. The van der Waals surface area contributed by atoms with Crippen LogP contribution in [0.4, 0.5) is 0 Å². The SMILES string of the molecule is COC(=O)C(C(=O)OC)C(=O)C1(N2C(C3C=CC(Cl)=CC3C)=CCC2C)CCCCC1. The van der Waals surface area contributed by atoms with Crippen molar-refractivity contribution in [1.29, 1.82) is 0 Å². The fourth-order valence-electron chi connectivity index (χ4n) is 5.42. The van der Waals surface area contributed by atoms with Crippen molar-refractivity contribution in [2.24, 2.45) is 17.8 Å². The van der Waals surface area contributed by atoms with E-state index >= 15 is 0 Å². The van der Waals surface area contributed by atoms with Crippen LogP contribution in [0.1, 0.15) is 52.4 Å². The molecule has 3 aliphatic rings. The van der Waals surface area contributed by atoms with Gasteiger partial charge >= 0.3 is 11.9 Å². The van der Waals surface area contributed by atoms with Crippen molar-refractivity contribution in [2.75, 3.05) is 14.2 Å². The highest BCUT2D eigenvalue weighted by atomic mass is 35.5. The molecule has 1 heterocycles. The molecule has 0 bridgehead atoms. The molecule has 31 heavy (non-hydrogen) atoms. The van der Waals surface area contributed by atoms with Crippen molar-refractivity contribution in [2.45, 2.75) is 64.0 Å². The number of Topliss-reactive ketones (excluding diaryl/α,β-unsaturated/α-hetero) is 1. The molecule has 1 aliphatic heterocycles. The largest absolute Gasteiger partial charge is 0.468 e. The van der Waals surface area contributed by atoms with Crippen molar-refractivity contribution in [1.82, 2.24) is 4.90 Å². The second-order valence-corrected chi connectivity index (χ2v) is 9.25. The van der Waals surface area contributed by atoms with E-state index in [9.17, 15) is 14.4 Å². The summed E-state index contributed by atoms with van der Waals surface area (Å²) in [5, 5.41) is 0.710. The predicted octanol–water partition coefficient (Wildman–Crippen LogP) is 4.14. The van der Waals surface area contributed by atoms with Crippen LogP contribution in [0.2, 0.25) is 0 Å².